The summed E-state index contributed by atoms with van der Waals surface area (Å²) in [5.74, 6) is -0.293. The number of ether oxygens (including phenoxy) is 2. The highest BCUT2D eigenvalue weighted by molar-refractivity contribution is 5.86. The molecule has 0 spiro atoms. The summed E-state index contributed by atoms with van der Waals surface area (Å²) in [5.41, 5.74) is -0.996. The van der Waals surface area contributed by atoms with Crippen LogP contribution in [0.2, 0.25) is 0 Å². The summed E-state index contributed by atoms with van der Waals surface area (Å²) in [7, 11) is 0. The van der Waals surface area contributed by atoms with E-state index < -0.39 is 11.6 Å². The third kappa shape index (κ3) is 11.5. The number of rotatable bonds is 14. The Morgan fingerprint density at radius 2 is 1.34 bits per heavy atom. The van der Waals surface area contributed by atoms with Crippen LogP contribution < -0.4 is 5.32 Å². The van der Waals surface area contributed by atoms with Gasteiger partial charge in [-0.2, -0.15) is 0 Å². The molecule has 0 aromatic carbocycles. The van der Waals surface area contributed by atoms with Crippen molar-refractivity contribution in [3.8, 4) is 0 Å². The summed E-state index contributed by atoms with van der Waals surface area (Å²) < 4.78 is 10.8. The van der Waals surface area contributed by atoms with Gasteiger partial charge in [0.25, 0.3) is 0 Å². The average Bonchev–Trinajstić information content (AvgIpc) is 3.13. The standard InChI is InChI=1S/C24H45NO4/c1-5-6-7-8-9-10-11-12-13-16-19-28-21(26)24(17-14-15-18-24)25-22(27)29-20-23(2,3)4/h5-20H2,1-4H3,(H,25,27). The van der Waals surface area contributed by atoms with Crippen LogP contribution in [-0.2, 0) is 14.3 Å². The molecule has 0 saturated heterocycles. The first kappa shape index (κ1) is 25.8. The molecule has 0 aromatic heterocycles. The first-order valence-electron chi connectivity index (χ1n) is 11.9. The van der Waals surface area contributed by atoms with E-state index >= 15 is 0 Å². The van der Waals surface area contributed by atoms with Crippen LogP contribution in [0.3, 0.4) is 0 Å². The van der Waals surface area contributed by atoms with Gasteiger partial charge in [0.2, 0.25) is 0 Å². The average molecular weight is 412 g/mol. The van der Waals surface area contributed by atoms with Crippen molar-refractivity contribution in [2.24, 2.45) is 5.41 Å². The lowest BCUT2D eigenvalue weighted by Crippen LogP contribution is -2.53. The molecule has 1 amide bonds. The normalized spacial score (nSPS) is 15.9. The summed E-state index contributed by atoms with van der Waals surface area (Å²) in [6, 6.07) is 0. The number of nitrogens with one attached hydrogen (secondary N) is 1. The van der Waals surface area contributed by atoms with Gasteiger partial charge in [-0.15, -0.1) is 0 Å². The Kier molecular flexibility index (Phi) is 12.3. The molecule has 1 saturated carbocycles. The number of esters is 1. The molecule has 1 fully saturated rings. The van der Waals surface area contributed by atoms with Gasteiger partial charge in [0.05, 0.1) is 13.2 Å². The van der Waals surface area contributed by atoms with E-state index in [0.717, 1.165) is 25.7 Å². The molecular formula is C24H45NO4. The molecule has 0 bridgehead atoms. The Balaban J connectivity index is 2.20. The van der Waals surface area contributed by atoms with Gasteiger partial charge in [-0.1, -0.05) is 98.3 Å². The Morgan fingerprint density at radius 3 is 1.86 bits per heavy atom. The Morgan fingerprint density at radius 1 is 0.828 bits per heavy atom. The minimum atomic E-state index is -0.895. The number of amides is 1. The largest absolute Gasteiger partial charge is 0.464 e. The molecule has 29 heavy (non-hydrogen) atoms. The van der Waals surface area contributed by atoms with Crippen molar-refractivity contribution in [1.29, 1.82) is 0 Å². The Bertz CT molecular complexity index is 464. The van der Waals surface area contributed by atoms with E-state index in [1.807, 2.05) is 20.8 Å². The van der Waals surface area contributed by atoms with Gasteiger partial charge >= 0.3 is 12.1 Å². The lowest BCUT2D eigenvalue weighted by molar-refractivity contribution is -0.151. The minimum absolute atomic E-state index is 0.101. The maximum atomic E-state index is 12.7. The van der Waals surface area contributed by atoms with Gasteiger partial charge in [0, 0.05) is 0 Å². The minimum Gasteiger partial charge on any atom is -0.464 e. The van der Waals surface area contributed by atoms with E-state index in [9.17, 15) is 9.59 Å². The molecule has 0 unspecified atom stereocenters. The van der Waals surface area contributed by atoms with E-state index in [-0.39, 0.29) is 11.4 Å². The van der Waals surface area contributed by atoms with Gasteiger partial charge in [-0.25, -0.2) is 9.59 Å². The Labute approximate surface area is 178 Å². The molecule has 1 rings (SSSR count). The second kappa shape index (κ2) is 13.9. The quantitative estimate of drug-likeness (QED) is 0.260. The third-order valence-electron chi connectivity index (χ3n) is 5.56. The van der Waals surface area contributed by atoms with Crippen LogP contribution in [0.5, 0.6) is 0 Å². The van der Waals surface area contributed by atoms with Gasteiger partial charge in [-0.3, -0.25) is 0 Å². The maximum Gasteiger partial charge on any atom is 0.408 e. The van der Waals surface area contributed by atoms with Gasteiger partial charge in [0.15, 0.2) is 0 Å². The van der Waals surface area contributed by atoms with E-state index in [4.69, 9.17) is 9.47 Å². The van der Waals surface area contributed by atoms with Crippen LogP contribution in [0.25, 0.3) is 0 Å². The fraction of sp³-hybridized carbons (Fsp3) is 0.917. The Hall–Kier alpha value is -1.26. The van der Waals surface area contributed by atoms with Crippen molar-refractivity contribution in [3.63, 3.8) is 0 Å². The molecule has 0 radical (unpaired) electrons. The van der Waals surface area contributed by atoms with Gasteiger partial charge in [0.1, 0.15) is 5.54 Å². The summed E-state index contributed by atoms with van der Waals surface area (Å²) in [6.45, 7) is 9.03. The first-order chi connectivity index (χ1) is 13.8. The van der Waals surface area contributed by atoms with Crippen molar-refractivity contribution in [1.82, 2.24) is 5.32 Å². The van der Waals surface area contributed by atoms with Crippen LogP contribution in [0, 0.1) is 5.41 Å². The zero-order valence-corrected chi connectivity index (χ0v) is 19.4. The number of carbonyl (C=O) groups is 2. The second-order valence-electron chi connectivity index (χ2n) is 9.87. The van der Waals surface area contributed by atoms with E-state index in [2.05, 4.69) is 12.2 Å². The fourth-order valence-electron chi connectivity index (χ4n) is 3.76. The van der Waals surface area contributed by atoms with E-state index in [1.165, 1.54) is 51.4 Å². The molecule has 0 aromatic rings. The van der Waals surface area contributed by atoms with Crippen LogP contribution in [-0.4, -0.2) is 30.8 Å². The molecule has 0 atom stereocenters. The van der Waals surface area contributed by atoms with Crippen LogP contribution >= 0.6 is 0 Å². The van der Waals surface area contributed by atoms with Crippen LogP contribution in [0.15, 0.2) is 0 Å². The van der Waals surface area contributed by atoms with Crippen molar-refractivity contribution >= 4 is 12.1 Å². The number of alkyl carbamates (subject to hydrolysis) is 1. The molecule has 0 heterocycles. The fourth-order valence-corrected chi connectivity index (χ4v) is 3.76. The zero-order valence-electron chi connectivity index (χ0n) is 19.4. The highest BCUT2D eigenvalue weighted by atomic mass is 16.6. The second-order valence-corrected chi connectivity index (χ2v) is 9.87. The summed E-state index contributed by atoms with van der Waals surface area (Å²) in [4.78, 5) is 24.8. The number of hydrogen-bond donors (Lipinski definition) is 1. The first-order valence-corrected chi connectivity index (χ1v) is 11.9. The SMILES string of the molecule is CCCCCCCCCCCCOC(=O)C1(NC(=O)OCC(C)(C)C)CCCC1. The molecule has 1 aliphatic rings. The predicted octanol–water partition coefficient (Wildman–Crippen LogP) is 6.54. The van der Waals surface area contributed by atoms with Crippen LogP contribution in [0.4, 0.5) is 4.79 Å². The van der Waals surface area contributed by atoms with Crippen molar-refractivity contribution in [2.45, 2.75) is 123 Å². The number of carbonyl (C=O) groups excluding carboxylic acids is 2. The van der Waals surface area contributed by atoms with E-state index in [0.29, 0.717) is 26.1 Å². The zero-order chi connectivity index (χ0) is 21.6. The van der Waals surface area contributed by atoms with E-state index in [1.54, 1.807) is 0 Å². The lowest BCUT2D eigenvalue weighted by atomic mass is 9.98. The molecule has 170 valence electrons. The van der Waals surface area contributed by atoms with Crippen molar-refractivity contribution < 1.29 is 19.1 Å². The topological polar surface area (TPSA) is 64.6 Å². The highest BCUT2D eigenvalue weighted by Gasteiger charge is 2.44. The third-order valence-corrected chi connectivity index (χ3v) is 5.56. The molecule has 5 heteroatoms. The number of hydrogen-bond acceptors (Lipinski definition) is 4. The predicted molar refractivity (Wildman–Crippen MR) is 118 cm³/mol. The highest BCUT2D eigenvalue weighted by Crippen LogP contribution is 2.31. The molecule has 5 nitrogen and oxygen atoms in total. The lowest BCUT2D eigenvalue weighted by Gasteiger charge is -2.28. The smallest absolute Gasteiger partial charge is 0.408 e. The molecule has 1 aliphatic carbocycles. The van der Waals surface area contributed by atoms with Gasteiger partial charge < -0.3 is 14.8 Å². The molecular weight excluding hydrogens is 366 g/mol. The van der Waals surface area contributed by atoms with Gasteiger partial charge in [-0.05, 0) is 24.7 Å². The monoisotopic (exact) mass is 411 g/mol. The summed E-state index contributed by atoms with van der Waals surface area (Å²) >= 11 is 0. The summed E-state index contributed by atoms with van der Waals surface area (Å²) in [5, 5.41) is 2.82. The van der Waals surface area contributed by atoms with Crippen molar-refractivity contribution in [2.75, 3.05) is 13.2 Å². The van der Waals surface area contributed by atoms with Crippen LogP contribution in [0.1, 0.15) is 118 Å². The van der Waals surface area contributed by atoms with Crippen molar-refractivity contribution in [3.05, 3.63) is 0 Å². The molecule has 0 aliphatic heterocycles. The number of unbranched alkanes of at least 4 members (excludes halogenated alkanes) is 9. The maximum absolute atomic E-state index is 12.7. The molecule has 1 N–H and O–H groups in total. The summed E-state index contributed by atoms with van der Waals surface area (Å²) in [6.07, 6.45) is 15.1.